The van der Waals surface area contributed by atoms with E-state index in [-0.39, 0.29) is 5.97 Å². The fourth-order valence-corrected chi connectivity index (χ4v) is 2.70. The normalized spacial score (nSPS) is 24.0. The molecule has 2 aliphatic rings. The standard InChI is InChI=1S/C15H26N2O2/c1-2-19-15(18)6-4-10-17(14-7-8-14)12-13-5-3-9-16-11-13/h4,6,13-14,16H,2-3,5,7-12H2,1H3/b6-4+. The Hall–Kier alpha value is -0.870. The second-order valence-corrected chi connectivity index (χ2v) is 5.55. The zero-order valence-electron chi connectivity index (χ0n) is 11.9. The van der Waals surface area contributed by atoms with Crippen LogP contribution in [0, 0.1) is 5.92 Å². The van der Waals surface area contributed by atoms with Crippen LogP contribution >= 0.6 is 0 Å². The molecule has 1 atom stereocenters. The van der Waals surface area contributed by atoms with E-state index in [1.165, 1.54) is 32.2 Å². The van der Waals surface area contributed by atoms with Crippen LogP contribution in [0.3, 0.4) is 0 Å². The number of rotatable bonds is 7. The molecular formula is C15H26N2O2. The van der Waals surface area contributed by atoms with E-state index in [0.717, 1.165) is 31.6 Å². The van der Waals surface area contributed by atoms with E-state index in [9.17, 15) is 4.79 Å². The maximum absolute atomic E-state index is 11.3. The second-order valence-electron chi connectivity index (χ2n) is 5.55. The van der Waals surface area contributed by atoms with Gasteiger partial charge in [0.15, 0.2) is 0 Å². The molecule has 0 aromatic heterocycles. The van der Waals surface area contributed by atoms with Gasteiger partial charge < -0.3 is 10.1 Å². The van der Waals surface area contributed by atoms with Crippen molar-refractivity contribution in [1.29, 1.82) is 0 Å². The van der Waals surface area contributed by atoms with Crippen molar-refractivity contribution in [3.63, 3.8) is 0 Å². The summed E-state index contributed by atoms with van der Waals surface area (Å²) in [5.41, 5.74) is 0. The smallest absolute Gasteiger partial charge is 0.330 e. The van der Waals surface area contributed by atoms with Crippen LogP contribution in [0.25, 0.3) is 0 Å². The van der Waals surface area contributed by atoms with Gasteiger partial charge >= 0.3 is 5.97 Å². The number of esters is 1. The Bertz CT molecular complexity index is 307. The van der Waals surface area contributed by atoms with E-state index in [1.807, 2.05) is 13.0 Å². The minimum Gasteiger partial charge on any atom is -0.463 e. The first-order chi connectivity index (χ1) is 9.29. The van der Waals surface area contributed by atoms with Crippen LogP contribution in [-0.2, 0) is 9.53 Å². The van der Waals surface area contributed by atoms with Crippen molar-refractivity contribution in [2.75, 3.05) is 32.8 Å². The third kappa shape index (κ3) is 5.33. The van der Waals surface area contributed by atoms with Gasteiger partial charge in [-0.2, -0.15) is 0 Å². The molecule has 0 amide bonds. The topological polar surface area (TPSA) is 41.6 Å². The second kappa shape index (κ2) is 7.65. The molecule has 1 aliphatic heterocycles. The molecule has 2 fully saturated rings. The summed E-state index contributed by atoms with van der Waals surface area (Å²) < 4.78 is 4.90. The van der Waals surface area contributed by atoms with Crippen molar-refractivity contribution < 1.29 is 9.53 Å². The lowest BCUT2D eigenvalue weighted by atomic mass is 9.99. The van der Waals surface area contributed by atoms with Crippen LogP contribution in [-0.4, -0.2) is 49.7 Å². The highest BCUT2D eigenvalue weighted by molar-refractivity contribution is 5.81. The Morgan fingerprint density at radius 1 is 1.42 bits per heavy atom. The Morgan fingerprint density at radius 2 is 2.26 bits per heavy atom. The number of nitrogens with zero attached hydrogens (tertiary/aromatic N) is 1. The van der Waals surface area contributed by atoms with Gasteiger partial charge in [-0.15, -0.1) is 0 Å². The van der Waals surface area contributed by atoms with Gasteiger partial charge in [-0.1, -0.05) is 6.08 Å². The Labute approximate surface area is 116 Å². The summed E-state index contributed by atoms with van der Waals surface area (Å²) in [6.07, 6.45) is 8.77. The Balaban J connectivity index is 1.74. The predicted molar refractivity (Wildman–Crippen MR) is 76.0 cm³/mol. The van der Waals surface area contributed by atoms with Gasteiger partial charge in [0, 0.05) is 25.2 Å². The van der Waals surface area contributed by atoms with Crippen molar-refractivity contribution >= 4 is 5.97 Å². The third-order valence-electron chi connectivity index (χ3n) is 3.84. The maximum Gasteiger partial charge on any atom is 0.330 e. The van der Waals surface area contributed by atoms with Gasteiger partial charge in [-0.05, 0) is 51.6 Å². The minimum atomic E-state index is -0.224. The van der Waals surface area contributed by atoms with Crippen LogP contribution in [0.5, 0.6) is 0 Å². The van der Waals surface area contributed by atoms with Crippen LogP contribution < -0.4 is 5.32 Å². The molecule has 4 heteroatoms. The van der Waals surface area contributed by atoms with E-state index in [1.54, 1.807) is 6.08 Å². The summed E-state index contributed by atoms with van der Waals surface area (Å²) in [6.45, 7) is 6.62. The average molecular weight is 266 g/mol. The van der Waals surface area contributed by atoms with Crippen LogP contribution in [0.4, 0.5) is 0 Å². The molecule has 0 bridgehead atoms. The highest BCUT2D eigenvalue weighted by Gasteiger charge is 2.30. The summed E-state index contributed by atoms with van der Waals surface area (Å²) in [7, 11) is 0. The number of ether oxygens (including phenoxy) is 1. The molecular weight excluding hydrogens is 240 g/mol. The largest absolute Gasteiger partial charge is 0.463 e. The SMILES string of the molecule is CCOC(=O)/C=C/CN(CC1CCCNC1)C1CC1. The average Bonchev–Trinajstić information content (AvgIpc) is 3.23. The van der Waals surface area contributed by atoms with E-state index in [2.05, 4.69) is 10.2 Å². The summed E-state index contributed by atoms with van der Waals surface area (Å²) in [5.74, 6) is 0.544. The van der Waals surface area contributed by atoms with Gasteiger partial charge in [-0.25, -0.2) is 4.79 Å². The van der Waals surface area contributed by atoms with Crippen molar-refractivity contribution in [3.05, 3.63) is 12.2 Å². The molecule has 108 valence electrons. The fraction of sp³-hybridized carbons (Fsp3) is 0.800. The van der Waals surface area contributed by atoms with Crippen molar-refractivity contribution in [2.24, 2.45) is 5.92 Å². The van der Waals surface area contributed by atoms with E-state index in [0.29, 0.717) is 6.61 Å². The van der Waals surface area contributed by atoms with Gasteiger partial charge in [0.05, 0.1) is 6.61 Å². The summed E-state index contributed by atoms with van der Waals surface area (Å²) in [6, 6.07) is 0.744. The number of carbonyl (C=O) groups is 1. The molecule has 1 saturated heterocycles. The highest BCUT2D eigenvalue weighted by atomic mass is 16.5. The summed E-state index contributed by atoms with van der Waals surface area (Å²) in [5, 5.41) is 3.47. The lowest BCUT2D eigenvalue weighted by Gasteiger charge is -2.29. The van der Waals surface area contributed by atoms with E-state index in [4.69, 9.17) is 4.74 Å². The lowest BCUT2D eigenvalue weighted by molar-refractivity contribution is -0.137. The highest BCUT2D eigenvalue weighted by Crippen LogP contribution is 2.28. The molecule has 0 aromatic carbocycles. The Kier molecular flexibility index (Phi) is 5.86. The number of hydrogen-bond donors (Lipinski definition) is 1. The van der Waals surface area contributed by atoms with Crippen molar-refractivity contribution in [2.45, 2.75) is 38.6 Å². The third-order valence-corrected chi connectivity index (χ3v) is 3.84. The van der Waals surface area contributed by atoms with Gasteiger partial charge in [0.25, 0.3) is 0 Å². The fourth-order valence-electron chi connectivity index (χ4n) is 2.70. The van der Waals surface area contributed by atoms with Crippen LogP contribution in [0.1, 0.15) is 32.6 Å². The number of carbonyl (C=O) groups excluding carboxylic acids is 1. The van der Waals surface area contributed by atoms with Crippen LogP contribution in [0.15, 0.2) is 12.2 Å². The molecule has 1 saturated carbocycles. The molecule has 1 heterocycles. The molecule has 1 aliphatic carbocycles. The van der Waals surface area contributed by atoms with Gasteiger partial charge in [-0.3, -0.25) is 4.90 Å². The summed E-state index contributed by atoms with van der Waals surface area (Å²) >= 11 is 0. The molecule has 1 N–H and O–H groups in total. The zero-order chi connectivity index (χ0) is 13.5. The molecule has 4 nitrogen and oxygen atoms in total. The summed E-state index contributed by atoms with van der Waals surface area (Å²) in [4.78, 5) is 13.8. The zero-order valence-corrected chi connectivity index (χ0v) is 11.9. The van der Waals surface area contributed by atoms with Gasteiger partial charge in [0.1, 0.15) is 0 Å². The molecule has 0 radical (unpaired) electrons. The maximum atomic E-state index is 11.3. The van der Waals surface area contributed by atoms with Crippen molar-refractivity contribution in [3.8, 4) is 0 Å². The first kappa shape index (κ1) is 14.5. The van der Waals surface area contributed by atoms with Crippen molar-refractivity contribution in [1.82, 2.24) is 10.2 Å². The number of nitrogens with one attached hydrogen (secondary N) is 1. The monoisotopic (exact) mass is 266 g/mol. The van der Waals surface area contributed by atoms with Crippen LogP contribution in [0.2, 0.25) is 0 Å². The minimum absolute atomic E-state index is 0.224. The molecule has 1 unspecified atom stereocenters. The first-order valence-electron chi connectivity index (χ1n) is 7.57. The molecule has 19 heavy (non-hydrogen) atoms. The first-order valence-corrected chi connectivity index (χ1v) is 7.57. The number of hydrogen-bond acceptors (Lipinski definition) is 4. The number of piperidine rings is 1. The van der Waals surface area contributed by atoms with E-state index < -0.39 is 0 Å². The quantitative estimate of drug-likeness (QED) is 0.561. The van der Waals surface area contributed by atoms with Gasteiger partial charge in [0.2, 0.25) is 0 Å². The molecule has 0 aromatic rings. The molecule has 2 rings (SSSR count). The Morgan fingerprint density at radius 3 is 2.89 bits per heavy atom. The lowest BCUT2D eigenvalue weighted by Crippen LogP contribution is -2.39. The molecule has 0 spiro atoms. The predicted octanol–water partition coefficient (Wildman–Crippen LogP) is 1.57. The van der Waals surface area contributed by atoms with E-state index >= 15 is 0 Å².